The summed E-state index contributed by atoms with van der Waals surface area (Å²) in [6.07, 6.45) is 0.620. The molecule has 2 aromatic rings. The second-order valence-electron chi connectivity index (χ2n) is 4.49. The lowest BCUT2D eigenvalue weighted by Gasteiger charge is -2.05. The molecule has 0 saturated carbocycles. The fourth-order valence-corrected chi connectivity index (χ4v) is 4.13. The zero-order valence-corrected chi connectivity index (χ0v) is 12.8. The number of rotatable bonds is 6. The molecule has 0 saturated heterocycles. The van der Waals surface area contributed by atoms with Crippen LogP contribution in [0.15, 0.2) is 40.6 Å². The van der Waals surface area contributed by atoms with Crippen LogP contribution in [-0.2, 0) is 23.1 Å². The third-order valence-corrected chi connectivity index (χ3v) is 5.85. The van der Waals surface area contributed by atoms with Gasteiger partial charge < -0.3 is 5.11 Å². The van der Waals surface area contributed by atoms with E-state index in [1.807, 2.05) is 31.2 Å². The minimum atomic E-state index is -3.39. The van der Waals surface area contributed by atoms with E-state index in [0.717, 1.165) is 16.0 Å². The molecule has 0 aliphatic heterocycles. The first-order valence-corrected chi connectivity index (χ1v) is 8.56. The Kier molecular flexibility index (Phi) is 4.93. The number of thiophene rings is 1. The lowest BCUT2D eigenvalue weighted by molar-refractivity contribution is 0.282. The Morgan fingerprint density at radius 3 is 2.30 bits per heavy atom. The Labute approximate surface area is 123 Å². The highest BCUT2D eigenvalue weighted by Crippen LogP contribution is 2.20. The molecular weight excluding hydrogens is 294 g/mol. The Morgan fingerprint density at radius 2 is 1.75 bits per heavy atom. The molecule has 0 aliphatic carbocycles. The van der Waals surface area contributed by atoms with Crippen molar-refractivity contribution in [1.82, 2.24) is 4.72 Å². The summed E-state index contributed by atoms with van der Waals surface area (Å²) >= 11 is 1.27. The molecule has 1 aromatic carbocycles. The van der Waals surface area contributed by atoms with Crippen LogP contribution in [0.1, 0.15) is 16.0 Å². The Morgan fingerprint density at radius 1 is 1.10 bits per heavy atom. The number of hydrogen-bond donors (Lipinski definition) is 2. The first-order valence-electron chi connectivity index (χ1n) is 6.26. The molecule has 0 bridgehead atoms. The number of benzene rings is 1. The van der Waals surface area contributed by atoms with Crippen molar-refractivity contribution in [3.63, 3.8) is 0 Å². The summed E-state index contributed by atoms with van der Waals surface area (Å²) in [7, 11) is -3.39. The lowest BCUT2D eigenvalue weighted by atomic mass is 10.1. The van der Waals surface area contributed by atoms with E-state index < -0.39 is 10.0 Å². The first-order chi connectivity index (χ1) is 9.51. The Bertz CT molecular complexity index is 660. The van der Waals surface area contributed by atoms with Crippen LogP contribution in [0.25, 0.3) is 0 Å². The SMILES string of the molecule is Cc1ccc(S(=O)(=O)NCCc2ccc(CO)cc2)s1. The van der Waals surface area contributed by atoms with Gasteiger partial charge in [-0.1, -0.05) is 24.3 Å². The molecule has 2 rings (SSSR count). The smallest absolute Gasteiger partial charge is 0.250 e. The molecule has 0 spiro atoms. The van der Waals surface area contributed by atoms with Gasteiger partial charge in [-0.05, 0) is 36.6 Å². The number of nitrogens with one attached hydrogen (secondary N) is 1. The quantitative estimate of drug-likeness (QED) is 0.858. The summed E-state index contributed by atoms with van der Waals surface area (Å²) in [4.78, 5) is 0.977. The summed E-state index contributed by atoms with van der Waals surface area (Å²) in [5.41, 5.74) is 1.88. The van der Waals surface area contributed by atoms with Gasteiger partial charge in [0.05, 0.1) is 6.61 Å². The van der Waals surface area contributed by atoms with Crippen molar-refractivity contribution in [2.75, 3.05) is 6.54 Å². The zero-order chi connectivity index (χ0) is 14.6. The highest BCUT2D eigenvalue weighted by molar-refractivity contribution is 7.91. The molecule has 108 valence electrons. The van der Waals surface area contributed by atoms with Crippen LogP contribution in [0.5, 0.6) is 0 Å². The fraction of sp³-hybridized carbons (Fsp3) is 0.286. The standard InChI is InChI=1S/C14H17NO3S2/c1-11-2-7-14(19-11)20(17,18)15-9-8-12-3-5-13(10-16)6-4-12/h2-7,15-16H,8-10H2,1H3. The minimum absolute atomic E-state index is 0.0185. The Balaban J connectivity index is 1.91. The van der Waals surface area contributed by atoms with E-state index in [-0.39, 0.29) is 6.61 Å². The van der Waals surface area contributed by atoms with E-state index in [1.165, 1.54) is 11.3 Å². The van der Waals surface area contributed by atoms with Crippen LogP contribution in [-0.4, -0.2) is 20.1 Å². The summed E-state index contributed by atoms with van der Waals surface area (Å²) in [6, 6.07) is 10.9. The lowest BCUT2D eigenvalue weighted by Crippen LogP contribution is -2.25. The monoisotopic (exact) mass is 311 g/mol. The number of hydrogen-bond acceptors (Lipinski definition) is 4. The molecule has 1 heterocycles. The largest absolute Gasteiger partial charge is 0.392 e. The van der Waals surface area contributed by atoms with Crippen molar-refractivity contribution in [2.45, 2.75) is 24.2 Å². The van der Waals surface area contributed by atoms with E-state index in [4.69, 9.17) is 5.11 Å². The van der Waals surface area contributed by atoms with Crippen LogP contribution >= 0.6 is 11.3 Å². The molecule has 6 heteroatoms. The number of aliphatic hydroxyl groups is 1. The van der Waals surface area contributed by atoms with Crippen LogP contribution < -0.4 is 4.72 Å². The van der Waals surface area contributed by atoms with Crippen LogP contribution in [0.2, 0.25) is 0 Å². The first kappa shape index (κ1) is 15.2. The molecule has 20 heavy (non-hydrogen) atoms. The molecule has 0 fully saturated rings. The molecule has 0 aliphatic rings. The molecule has 4 nitrogen and oxygen atoms in total. The molecule has 1 aromatic heterocycles. The highest BCUT2D eigenvalue weighted by atomic mass is 32.2. The third kappa shape index (κ3) is 3.89. The summed E-state index contributed by atoms with van der Waals surface area (Å²) in [5, 5.41) is 8.95. The highest BCUT2D eigenvalue weighted by Gasteiger charge is 2.15. The average molecular weight is 311 g/mol. The van der Waals surface area contributed by atoms with Crippen molar-refractivity contribution in [2.24, 2.45) is 0 Å². The van der Waals surface area contributed by atoms with Gasteiger partial charge in [0.25, 0.3) is 0 Å². The summed E-state index contributed by atoms with van der Waals surface area (Å²) < 4.78 is 27.0. The van der Waals surface area contributed by atoms with Gasteiger partial charge in [0.2, 0.25) is 10.0 Å². The molecule has 0 amide bonds. The van der Waals surface area contributed by atoms with Gasteiger partial charge in [-0.2, -0.15) is 0 Å². The van der Waals surface area contributed by atoms with Gasteiger partial charge in [0.15, 0.2) is 0 Å². The van der Waals surface area contributed by atoms with Crippen LogP contribution in [0.3, 0.4) is 0 Å². The Hall–Kier alpha value is -1.21. The third-order valence-electron chi connectivity index (χ3n) is 2.89. The van der Waals surface area contributed by atoms with E-state index in [1.54, 1.807) is 12.1 Å². The van der Waals surface area contributed by atoms with Crippen molar-refractivity contribution >= 4 is 21.4 Å². The topological polar surface area (TPSA) is 66.4 Å². The van der Waals surface area contributed by atoms with Crippen LogP contribution in [0, 0.1) is 6.92 Å². The number of aliphatic hydroxyl groups excluding tert-OH is 1. The molecule has 0 unspecified atom stereocenters. The molecule has 0 radical (unpaired) electrons. The van der Waals surface area contributed by atoms with E-state index in [9.17, 15) is 8.42 Å². The molecular formula is C14H17NO3S2. The maximum atomic E-state index is 12.0. The van der Waals surface area contributed by atoms with Crippen molar-refractivity contribution in [3.05, 3.63) is 52.4 Å². The molecule has 0 atom stereocenters. The minimum Gasteiger partial charge on any atom is -0.392 e. The van der Waals surface area contributed by atoms with Gasteiger partial charge in [-0.25, -0.2) is 13.1 Å². The fourth-order valence-electron chi connectivity index (χ4n) is 1.77. The van der Waals surface area contributed by atoms with Gasteiger partial charge >= 0.3 is 0 Å². The van der Waals surface area contributed by atoms with Gasteiger partial charge in [-0.3, -0.25) is 0 Å². The van der Waals surface area contributed by atoms with Crippen molar-refractivity contribution < 1.29 is 13.5 Å². The average Bonchev–Trinajstić information content (AvgIpc) is 2.87. The maximum absolute atomic E-state index is 12.0. The number of aryl methyl sites for hydroxylation is 1. The van der Waals surface area contributed by atoms with Crippen molar-refractivity contribution in [3.8, 4) is 0 Å². The van der Waals surface area contributed by atoms with Gasteiger partial charge in [-0.15, -0.1) is 11.3 Å². The second-order valence-corrected chi connectivity index (χ2v) is 7.77. The van der Waals surface area contributed by atoms with Crippen LogP contribution in [0.4, 0.5) is 0 Å². The predicted octanol–water partition coefficient (Wildman–Crippen LogP) is 2.07. The summed E-state index contributed by atoms with van der Waals surface area (Å²) in [6.45, 7) is 2.26. The van der Waals surface area contributed by atoms with E-state index >= 15 is 0 Å². The van der Waals surface area contributed by atoms with Gasteiger partial charge in [0.1, 0.15) is 4.21 Å². The van der Waals surface area contributed by atoms with Gasteiger partial charge in [0, 0.05) is 11.4 Å². The van der Waals surface area contributed by atoms with E-state index in [2.05, 4.69) is 4.72 Å². The number of sulfonamides is 1. The zero-order valence-electron chi connectivity index (χ0n) is 11.2. The maximum Gasteiger partial charge on any atom is 0.250 e. The van der Waals surface area contributed by atoms with Crippen molar-refractivity contribution in [1.29, 1.82) is 0 Å². The second kappa shape index (κ2) is 6.49. The van der Waals surface area contributed by atoms with E-state index in [0.29, 0.717) is 17.2 Å². The molecule has 2 N–H and O–H groups in total. The predicted molar refractivity (Wildman–Crippen MR) is 80.3 cm³/mol. The normalized spacial score (nSPS) is 11.7. The summed E-state index contributed by atoms with van der Waals surface area (Å²) in [5.74, 6) is 0.